The average Bonchev–Trinajstić information content (AvgIpc) is 3.55. The number of carbonyl (C=O) groups is 3. The van der Waals surface area contributed by atoms with Crippen molar-refractivity contribution < 1.29 is 28.6 Å². The molecule has 0 bridgehead atoms. The van der Waals surface area contributed by atoms with E-state index in [1.165, 1.54) is 20.3 Å². The lowest BCUT2D eigenvalue weighted by atomic mass is 10.2. The lowest BCUT2D eigenvalue weighted by molar-refractivity contribution is -0.122. The molecule has 1 fully saturated rings. The molecular weight excluding hydrogens is 376 g/mol. The van der Waals surface area contributed by atoms with E-state index in [-0.39, 0.29) is 11.8 Å². The van der Waals surface area contributed by atoms with Gasteiger partial charge >= 0.3 is 5.97 Å². The van der Waals surface area contributed by atoms with Gasteiger partial charge in [0, 0.05) is 11.8 Å². The van der Waals surface area contributed by atoms with Crippen molar-refractivity contribution in [3.05, 3.63) is 48.0 Å². The molecule has 2 amide bonds. The van der Waals surface area contributed by atoms with Crippen molar-refractivity contribution in [2.75, 3.05) is 32.0 Å². The van der Waals surface area contributed by atoms with Crippen molar-refractivity contribution in [2.24, 2.45) is 11.8 Å². The van der Waals surface area contributed by atoms with Gasteiger partial charge in [0.05, 0.1) is 44.4 Å². The number of esters is 1. The molecule has 1 aliphatic carbocycles. The van der Waals surface area contributed by atoms with E-state index < -0.39 is 17.8 Å². The first-order chi connectivity index (χ1) is 14.0. The molecule has 0 spiro atoms. The molecule has 2 atom stereocenters. The molecule has 1 aliphatic rings. The molecule has 2 aromatic rings. The maximum atomic E-state index is 12.5. The summed E-state index contributed by atoms with van der Waals surface area (Å²) in [6.45, 7) is 0. The third-order valence-electron chi connectivity index (χ3n) is 4.68. The zero-order valence-electron chi connectivity index (χ0n) is 16.4. The third-order valence-corrected chi connectivity index (χ3v) is 4.68. The first-order valence-corrected chi connectivity index (χ1v) is 8.99. The Bertz CT molecular complexity index is 943. The van der Waals surface area contributed by atoms with Crippen LogP contribution in [0.2, 0.25) is 0 Å². The Labute approximate surface area is 168 Å². The zero-order valence-corrected chi connectivity index (χ0v) is 16.4. The second-order valence-electron chi connectivity index (χ2n) is 6.57. The summed E-state index contributed by atoms with van der Waals surface area (Å²) in [4.78, 5) is 36.6. The standard InChI is InChI=1S/C21H22N2O6/c1-27-14-7-8-17(18(10-14)28-2)23-20(25)16-11-15(16)19(24)22-13-6-4-5-12(9-13)21(26)29-3/h4-10,15-16H,11H2,1-3H3,(H,22,24)(H,23,25). The largest absolute Gasteiger partial charge is 0.497 e. The summed E-state index contributed by atoms with van der Waals surface area (Å²) in [7, 11) is 4.33. The van der Waals surface area contributed by atoms with Gasteiger partial charge in [-0.3, -0.25) is 9.59 Å². The molecule has 0 aromatic heterocycles. The fourth-order valence-electron chi connectivity index (χ4n) is 2.98. The van der Waals surface area contributed by atoms with Crippen molar-refractivity contribution in [3.63, 3.8) is 0 Å². The van der Waals surface area contributed by atoms with Crippen LogP contribution in [0.1, 0.15) is 16.8 Å². The van der Waals surface area contributed by atoms with Crippen LogP contribution in [0.3, 0.4) is 0 Å². The van der Waals surface area contributed by atoms with Crippen molar-refractivity contribution in [1.82, 2.24) is 0 Å². The van der Waals surface area contributed by atoms with Crippen molar-refractivity contribution in [1.29, 1.82) is 0 Å². The fraction of sp³-hybridized carbons (Fsp3) is 0.286. The zero-order chi connectivity index (χ0) is 21.0. The summed E-state index contributed by atoms with van der Waals surface area (Å²) < 4.78 is 15.1. The van der Waals surface area contributed by atoms with Crippen molar-refractivity contribution in [2.45, 2.75) is 6.42 Å². The van der Waals surface area contributed by atoms with E-state index in [2.05, 4.69) is 15.4 Å². The minimum Gasteiger partial charge on any atom is -0.497 e. The molecule has 1 saturated carbocycles. The molecular formula is C21H22N2O6. The monoisotopic (exact) mass is 398 g/mol. The highest BCUT2D eigenvalue weighted by molar-refractivity contribution is 6.04. The van der Waals surface area contributed by atoms with Gasteiger partial charge in [0.1, 0.15) is 11.5 Å². The van der Waals surface area contributed by atoms with Crippen molar-refractivity contribution >= 4 is 29.2 Å². The van der Waals surface area contributed by atoms with Gasteiger partial charge in [0.2, 0.25) is 11.8 Å². The number of benzene rings is 2. The second kappa shape index (κ2) is 8.64. The highest BCUT2D eigenvalue weighted by Gasteiger charge is 2.48. The normalized spacial score (nSPS) is 17.1. The summed E-state index contributed by atoms with van der Waals surface area (Å²) in [5.41, 5.74) is 1.32. The average molecular weight is 398 g/mol. The molecule has 2 N–H and O–H groups in total. The van der Waals surface area contributed by atoms with Crippen LogP contribution in [0, 0.1) is 11.8 Å². The number of rotatable bonds is 7. The lowest BCUT2D eigenvalue weighted by Gasteiger charge is -2.11. The Kier molecular flexibility index (Phi) is 6.01. The Balaban J connectivity index is 1.60. The fourth-order valence-corrected chi connectivity index (χ4v) is 2.98. The highest BCUT2D eigenvalue weighted by atomic mass is 16.5. The van der Waals surface area contributed by atoms with Gasteiger partial charge in [-0.25, -0.2) is 4.79 Å². The summed E-state index contributed by atoms with van der Waals surface area (Å²) in [6, 6.07) is 11.5. The molecule has 29 heavy (non-hydrogen) atoms. The van der Waals surface area contributed by atoms with Crippen LogP contribution in [0.25, 0.3) is 0 Å². The Morgan fingerprint density at radius 1 is 0.897 bits per heavy atom. The van der Waals surface area contributed by atoms with Crippen LogP contribution in [-0.4, -0.2) is 39.1 Å². The third kappa shape index (κ3) is 4.66. The van der Waals surface area contributed by atoms with Gasteiger partial charge in [0.25, 0.3) is 0 Å². The van der Waals surface area contributed by atoms with Crippen LogP contribution in [0.15, 0.2) is 42.5 Å². The molecule has 3 rings (SSSR count). The van der Waals surface area contributed by atoms with Gasteiger partial charge in [0.15, 0.2) is 0 Å². The number of hydrogen-bond acceptors (Lipinski definition) is 6. The quantitative estimate of drug-likeness (QED) is 0.695. The molecule has 0 heterocycles. The van der Waals surface area contributed by atoms with Crippen molar-refractivity contribution in [3.8, 4) is 11.5 Å². The Morgan fingerprint density at radius 3 is 2.28 bits per heavy atom. The number of nitrogens with one attached hydrogen (secondary N) is 2. The molecule has 152 valence electrons. The van der Waals surface area contributed by atoms with E-state index in [0.29, 0.717) is 34.9 Å². The number of ether oxygens (including phenoxy) is 3. The summed E-state index contributed by atoms with van der Waals surface area (Å²) in [5, 5.41) is 5.54. The number of methoxy groups -OCH3 is 3. The van der Waals surface area contributed by atoms with Crippen LogP contribution in [0.4, 0.5) is 11.4 Å². The van der Waals surface area contributed by atoms with Crippen LogP contribution in [0.5, 0.6) is 11.5 Å². The summed E-state index contributed by atoms with van der Waals surface area (Å²) in [5.74, 6) is -0.785. The smallest absolute Gasteiger partial charge is 0.337 e. The molecule has 0 saturated heterocycles. The van der Waals surface area contributed by atoms with E-state index in [9.17, 15) is 14.4 Å². The Hall–Kier alpha value is -3.55. The number of hydrogen-bond donors (Lipinski definition) is 2. The topological polar surface area (TPSA) is 103 Å². The van der Waals surface area contributed by atoms with Gasteiger partial charge < -0.3 is 24.8 Å². The SMILES string of the molecule is COC(=O)c1cccc(NC(=O)C2CC2C(=O)Nc2ccc(OC)cc2OC)c1. The van der Waals surface area contributed by atoms with E-state index in [1.807, 2.05) is 0 Å². The Morgan fingerprint density at radius 2 is 1.62 bits per heavy atom. The van der Waals surface area contributed by atoms with E-state index in [0.717, 1.165) is 0 Å². The summed E-state index contributed by atoms with van der Waals surface area (Å²) >= 11 is 0. The number of carbonyl (C=O) groups excluding carboxylic acids is 3. The predicted molar refractivity (Wildman–Crippen MR) is 106 cm³/mol. The van der Waals surface area contributed by atoms with Crippen LogP contribution >= 0.6 is 0 Å². The van der Waals surface area contributed by atoms with Gasteiger partial charge in [-0.1, -0.05) is 6.07 Å². The van der Waals surface area contributed by atoms with Crippen LogP contribution in [-0.2, 0) is 14.3 Å². The van der Waals surface area contributed by atoms with E-state index in [4.69, 9.17) is 9.47 Å². The highest BCUT2D eigenvalue weighted by Crippen LogP contribution is 2.41. The summed E-state index contributed by atoms with van der Waals surface area (Å²) in [6.07, 6.45) is 0.451. The first-order valence-electron chi connectivity index (χ1n) is 8.99. The number of amides is 2. The predicted octanol–water partition coefficient (Wildman–Crippen LogP) is 2.70. The molecule has 2 unspecified atom stereocenters. The molecule has 2 aromatic carbocycles. The van der Waals surface area contributed by atoms with Crippen LogP contribution < -0.4 is 20.1 Å². The van der Waals surface area contributed by atoms with Gasteiger partial charge in [-0.05, 0) is 36.8 Å². The molecule has 0 radical (unpaired) electrons. The first kappa shape index (κ1) is 20.2. The molecule has 8 nitrogen and oxygen atoms in total. The molecule has 8 heteroatoms. The van der Waals surface area contributed by atoms with Gasteiger partial charge in [-0.15, -0.1) is 0 Å². The lowest BCUT2D eigenvalue weighted by Crippen LogP contribution is -2.21. The van der Waals surface area contributed by atoms with E-state index in [1.54, 1.807) is 43.5 Å². The number of anilines is 2. The minimum atomic E-state index is -0.488. The second-order valence-corrected chi connectivity index (χ2v) is 6.57. The molecule has 0 aliphatic heterocycles. The minimum absolute atomic E-state index is 0.253. The maximum absolute atomic E-state index is 12.5. The van der Waals surface area contributed by atoms with E-state index >= 15 is 0 Å². The van der Waals surface area contributed by atoms with Gasteiger partial charge in [-0.2, -0.15) is 0 Å². The maximum Gasteiger partial charge on any atom is 0.337 e.